The summed E-state index contributed by atoms with van der Waals surface area (Å²) in [6, 6.07) is 1.63. The van der Waals surface area contributed by atoms with E-state index < -0.39 is 33.4 Å². The van der Waals surface area contributed by atoms with Gasteiger partial charge in [0.15, 0.2) is 20.8 Å². The van der Waals surface area contributed by atoms with E-state index in [9.17, 15) is 31.2 Å². The minimum absolute atomic E-state index is 0.0179. The van der Waals surface area contributed by atoms with Gasteiger partial charge in [-0.05, 0) is 24.6 Å². The lowest BCUT2D eigenvalue weighted by Crippen LogP contribution is -2.21. The van der Waals surface area contributed by atoms with Gasteiger partial charge in [0.2, 0.25) is 0 Å². The number of alkyl halides is 3. The monoisotopic (exact) mass is 463 g/mol. The first-order chi connectivity index (χ1) is 13.9. The number of thiazole rings is 1. The fourth-order valence-electron chi connectivity index (χ4n) is 2.47. The molecule has 12 heteroatoms. The fourth-order valence-corrected chi connectivity index (χ4v) is 4.10. The van der Waals surface area contributed by atoms with Crippen molar-refractivity contribution in [2.24, 2.45) is 0 Å². The Hall–Kier alpha value is -2.47. The highest BCUT2D eigenvalue weighted by Gasteiger charge is 2.32. The lowest BCUT2D eigenvalue weighted by molar-refractivity contribution is -0.137. The number of halogens is 3. The van der Waals surface area contributed by atoms with Crippen LogP contribution in [0, 0.1) is 0 Å². The van der Waals surface area contributed by atoms with Gasteiger partial charge in [0.05, 0.1) is 17.4 Å². The zero-order valence-electron chi connectivity index (χ0n) is 16.2. The molecule has 0 saturated carbocycles. The topological polar surface area (TPSA) is 105 Å². The number of sulfone groups is 1. The number of carbonyl (C=O) groups excluding carboxylic acids is 2. The largest absolute Gasteiger partial charge is 0.416 e. The first-order valence-corrected chi connectivity index (χ1v) is 11.6. The van der Waals surface area contributed by atoms with E-state index in [0.717, 1.165) is 54.8 Å². The van der Waals surface area contributed by atoms with Crippen LogP contribution in [0.1, 0.15) is 48.5 Å². The summed E-state index contributed by atoms with van der Waals surface area (Å²) in [7, 11) is -3.49. The molecule has 2 aromatic rings. The second kappa shape index (κ2) is 9.56. The highest BCUT2D eigenvalue weighted by atomic mass is 32.2. The van der Waals surface area contributed by atoms with E-state index in [-0.39, 0.29) is 27.0 Å². The van der Waals surface area contributed by atoms with Crippen LogP contribution in [-0.4, -0.2) is 31.5 Å². The van der Waals surface area contributed by atoms with Crippen molar-refractivity contribution in [1.82, 2.24) is 4.98 Å². The third-order valence-corrected chi connectivity index (χ3v) is 6.68. The third-order valence-electron chi connectivity index (χ3n) is 3.97. The standard InChI is InChI=1S/C18H20F3N3O4S2/c1-3-4-5-6-14(25)12-9-11(18(19,20)21)7-8-13(12)23-16(26)24-17-22-10-15(29-17)30(2,27)28/h7-10H,3-6H2,1-2H3,(H2,22,23,24,26). The van der Waals surface area contributed by atoms with Crippen LogP contribution in [0.15, 0.2) is 28.6 Å². The summed E-state index contributed by atoms with van der Waals surface area (Å²) >= 11 is 0.722. The SMILES string of the molecule is CCCCCC(=O)c1cc(C(F)(F)F)ccc1NC(=O)Nc1ncc(S(C)(=O)=O)s1. The van der Waals surface area contributed by atoms with Gasteiger partial charge in [-0.25, -0.2) is 18.2 Å². The normalized spacial score (nSPS) is 11.9. The molecule has 30 heavy (non-hydrogen) atoms. The minimum Gasteiger partial charge on any atom is -0.307 e. The van der Waals surface area contributed by atoms with E-state index >= 15 is 0 Å². The Kier molecular flexibility index (Phi) is 7.59. The van der Waals surface area contributed by atoms with Crippen LogP contribution < -0.4 is 10.6 Å². The van der Waals surface area contributed by atoms with E-state index in [1.807, 2.05) is 6.92 Å². The van der Waals surface area contributed by atoms with Gasteiger partial charge in [-0.1, -0.05) is 31.1 Å². The number of unbranched alkanes of at least 4 members (excludes halogenated alkanes) is 2. The molecule has 1 heterocycles. The van der Waals surface area contributed by atoms with Crippen molar-refractivity contribution in [3.63, 3.8) is 0 Å². The van der Waals surface area contributed by atoms with E-state index in [1.54, 1.807) is 0 Å². The molecule has 2 amide bonds. The van der Waals surface area contributed by atoms with Crippen LogP contribution in [0.2, 0.25) is 0 Å². The number of carbonyl (C=O) groups is 2. The van der Waals surface area contributed by atoms with E-state index in [1.165, 1.54) is 0 Å². The Morgan fingerprint density at radius 1 is 1.17 bits per heavy atom. The average Bonchev–Trinajstić information content (AvgIpc) is 3.10. The number of urea groups is 1. The number of rotatable bonds is 8. The number of Topliss-reactive ketones (excluding diaryl/α,β-unsaturated/α-hetero) is 1. The molecule has 2 N–H and O–H groups in total. The maximum absolute atomic E-state index is 13.1. The molecule has 1 aromatic heterocycles. The predicted octanol–water partition coefficient (Wildman–Crippen LogP) is 4.97. The van der Waals surface area contributed by atoms with Crippen molar-refractivity contribution in [3.05, 3.63) is 35.5 Å². The van der Waals surface area contributed by atoms with Crippen LogP contribution in [0.25, 0.3) is 0 Å². The molecule has 0 bridgehead atoms. The maximum atomic E-state index is 13.1. The predicted molar refractivity (Wildman–Crippen MR) is 108 cm³/mol. The lowest BCUT2D eigenvalue weighted by Gasteiger charge is -2.14. The van der Waals surface area contributed by atoms with Gasteiger partial charge < -0.3 is 5.32 Å². The van der Waals surface area contributed by atoms with Crippen LogP contribution in [-0.2, 0) is 16.0 Å². The van der Waals surface area contributed by atoms with Crippen molar-refractivity contribution in [1.29, 1.82) is 0 Å². The summed E-state index contributed by atoms with van der Waals surface area (Å²) in [5.41, 5.74) is -1.32. The number of benzene rings is 1. The van der Waals surface area contributed by atoms with Gasteiger partial charge in [0, 0.05) is 18.2 Å². The Balaban J connectivity index is 2.23. The van der Waals surface area contributed by atoms with Crippen LogP contribution in [0.5, 0.6) is 0 Å². The van der Waals surface area contributed by atoms with E-state index in [0.29, 0.717) is 6.42 Å². The second-order valence-electron chi connectivity index (χ2n) is 6.47. The fraction of sp³-hybridized carbons (Fsp3) is 0.389. The van der Waals surface area contributed by atoms with Crippen LogP contribution >= 0.6 is 11.3 Å². The Labute approximate surface area is 175 Å². The average molecular weight is 464 g/mol. The zero-order chi connectivity index (χ0) is 22.5. The van der Waals surface area contributed by atoms with Gasteiger partial charge in [-0.3, -0.25) is 10.1 Å². The molecule has 7 nitrogen and oxygen atoms in total. The van der Waals surface area contributed by atoms with Gasteiger partial charge in [0.25, 0.3) is 0 Å². The first-order valence-electron chi connectivity index (χ1n) is 8.90. The number of nitrogens with one attached hydrogen (secondary N) is 2. The molecule has 0 unspecified atom stereocenters. The Morgan fingerprint density at radius 3 is 2.43 bits per heavy atom. The summed E-state index contributed by atoms with van der Waals surface area (Å²) in [5, 5.41) is 4.62. The van der Waals surface area contributed by atoms with Crippen molar-refractivity contribution in [3.8, 4) is 0 Å². The number of anilines is 2. The Morgan fingerprint density at radius 2 is 1.87 bits per heavy atom. The van der Waals surface area contributed by atoms with Crippen molar-refractivity contribution < 1.29 is 31.2 Å². The Bertz CT molecular complexity index is 1030. The zero-order valence-corrected chi connectivity index (χ0v) is 17.8. The number of hydrogen-bond acceptors (Lipinski definition) is 6. The number of hydrogen-bond donors (Lipinski definition) is 2. The molecule has 0 saturated heterocycles. The highest BCUT2D eigenvalue weighted by molar-refractivity contribution is 7.92. The van der Waals surface area contributed by atoms with Crippen molar-refractivity contribution in [2.45, 2.75) is 43.0 Å². The number of aromatic nitrogens is 1. The van der Waals surface area contributed by atoms with Crippen LogP contribution in [0.3, 0.4) is 0 Å². The quantitative estimate of drug-likeness (QED) is 0.425. The summed E-state index contributed by atoms with van der Waals surface area (Å²) in [6.07, 6.45) is -0.408. The first kappa shape index (κ1) is 23.8. The molecule has 0 fully saturated rings. The highest BCUT2D eigenvalue weighted by Crippen LogP contribution is 2.32. The van der Waals surface area contributed by atoms with Crippen LogP contribution in [0.4, 0.5) is 28.8 Å². The van der Waals surface area contributed by atoms with Gasteiger partial charge >= 0.3 is 12.2 Å². The molecule has 2 rings (SSSR count). The molecule has 164 valence electrons. The molecular formula is C18H20F3N3O4S2. The lowest BCUT2D eigenvalue weighted by atomic mass is 10.0. The molecule has 0 atom stereocenters. The number of amides is 2. The van der Waals surface area contributed by atoms with Gasteiger partial charge in [0.1, 0.15) is 4.21 Å². The van der Waals surface area contributed by atoms with E-state index in [4.69, 9.17) is 0 Å². The van der Waals surface area contributed by atoms with E-state index in [2.05, 4.69) is 15.6 Å². The molecule has 0 aliphatic carbocycles. The molecule has 1 aromatic carbocycles. The summed E-state index contributed by atoms with van der Waals surface area (Å²) in [5.74, 6) is -0.515. The van der Waals surface area contributed by atoms with Gasteiger partial charge in [-0.15, -0.1) is 0 Å². The molecule has 0 aliphatic heterocycles. The second-order valence-corrected chi connectivity index (χ2v) is 9.75. The maximum Gasteiger partial charge on any atom is 0.416 e. The van der Waals surface area contributed by atoms with Crippen molar-refractivity contribution >= 4 is 43.8 Å². The molecule has 0 radical (unpaired) electrons. The summed E-state index contributed by atoms with van der Waals surface area (Å²) in [6.45, 7) is 1.93. The molecule has 0 spiro atoms. The van der Waals surface area contributed by atoms with Crippen molar-refractivity contribution in [2.75, 3.05) is 16.9 Å². The molecule has 0 aliphatic rings. The van der Waals surface area contributed by atoms with Gasteiger partial charge in [-0.2, -0.15) is 13.2 Å². The minimum atomic E-state index is -4.64. The summed E-state index contributed by atoms with van der Waals surface area (Å²) in [4.78, 5) is 28.4. The third kappa shape index (κ3) is 6.52. The summed E-state index contributed by atoms with van der Waals surface area (Å²) < 4.78 is 62.1. The number of ketones is 1. The number of nitrogens with zero attached hydrogens (tertiary/aromatic N) is 1. The molecular weight excluding hydrogens is 443 g/mol. The smallest absolute Gasteiger partial charge is 0.307 e.